The van der Waals surface area contributed by atoms with Crippen LogP contribution in [0.25, 0.3) is 0 Å². The van der Waals surface area contributed by atoms with E-state index in [0.29, 0.717) is 5.92 Å². The van der Waals surface area contributed by atoms with Crippen molar-refractivity contribution in [3.8, 4) is 0 Å². The quantitative estimate of drug-likeness (QED) is 0.696. The lowest BCUT2D eigenvalue weighted by molar-refractivity contribution is 0.0863. The van der Waals surface area contributed by atoms with E-state index >= 15 is 0 Å². The van der Waals surface area contributed by atoms with Crippen molar-refractivity contribution in [3.05, 3.63) is 77.6 Å². The molecule has 1 amide bonds. The molecular formula is C26H33N3O. The molecule has 3 atom stereocenters. The lowest BCUT2D eigenvalue weighted by Crippen LogP contribution is -2.44. The van der Waals surface area contributed by atoms with Gasteiger partial charge in [0.05, 0.1) is 11.7 Å². The molecule has 1 aromatic carbocycles. The Kier molecular flexibility index (Phi) is 6.96. The Labute approximate surface area is 180 Å². The maximum absolute atomic E-state index is 13.1. The monoisotopic (exact) mass is 403 g/mol. The van der Waals surface area contributed by atoms with Crippen LogP contribution in [0, 0.1) is 18.8 Å². The number of allylic oxidation sites excluding steroid dienone is 2. The molecule has 0 saturated carbocycles. The second-order valence-electron chi connectivity index (χ2n) is 8.83. The highest BCUT2D eigenvalue weighted by molar-refractivity contribution is 5.95. The van der Waals surface area contributed by atoms with Gasteiger partial charge in [0.25, 0.3) is 5.91 Å². The molecule has 4 nitrogen and oxygen atoms in total. The van der Waals surface area contributed by atoms with E-state index in [-0.39, 0.29) is 11.9 Å². The first-order chi connectivity index (χ1) is 14.7. The molecule has 1 aliphatic heterocycles. The number of amides is 1. The van der Waals surface area contributed by atoms with Gasteiger partial charge < -0.3 is 10.2 Å². The smallest absolute Gasteiger partial charge is 0.252 e. The van der Waals surface area contributed by atoms with Crippen LogP contribution in [0.5, 0.6) is 0 Å². The Morgan fingerprint density at radius 1 is 1.17 bits per heavy atom. The number of nitrogens with zero attached hydrogens (tertiary/aromatic N) is 2. The van der Waals surface area contributed by atoms with Gasteiger partial charge in [-0.1, -0.05) is 36.4 Å². The zero-order valence-electron chi connectivity index (χ0n) is 18.0. The summed E-state index contributed by atoms with van der Waals surface area (Å²) in [6.07, 6.45) is 12.5. The van der Waals surface area contributed by atoms with Gasteiger partial charge >= 0.3 is 0 Å². The molecule has 0 spiro atoms. The standard InChI is InChI=1S/C26H33N3O/c1-20-10-5-6-14-23(20)26(30)28-25(24-15-7-8-16-27-24)22-13-9-17-29(19-22)18-21-11-3-2-4-12-21/h2-3,5-8,10,14-16,21-22,25H,4,9,11-13,17-19H2,1H3,(H,28,30)/t21-,22+,25-/m0/s1. The summed E-state index contributed by atoms with van der Waals surface area (Å²) >= 11 is 0. The molecule has 158 valence electrons. The summed E-state index contributed by atoms with van der Waals surface area (Å²) in [6, 6.07) is 13.7. The minimum Gasteiger partial charge on any atom is -0.343 e. The van der Waals surface area contributed by atoms with Crippen molar-refractivity contribution in [1.82, 2.24) is 15.2 Å². The summed E-state index contributed by atoms with van der Waals surface area (Å²) in [5, 5.41) is 3.35. The number of hydrogen-bond acceptors (Lipinski definition) is 3. The van der Waals surface area contributed by atoms with Gasteiger partial charge in [-0.2, -0.15) is 0 Å². The number of rotatable bonds is 6. The van der Waals surface area contributed by atoms with Crippen molar-refractivity contribution in [2.45, 2.75) is 45.1 Å². The van der Waals surface area contributed by atoms with Gasteiger partial charge in [-0.3, -0.25) is 9.78 Å². The Hall–Kier alpha value is -2.46. The van der Waals surface area contributed by atoms with E-state index in [9.17, 15) is 4.79 Å². The highest BCUT2D eigenvalue weighted by Gasteiger charge is 2.31. The predicted octanol–water partition coefficient (Wildman–Crippen LogP) is 4.93. The van der Waals surface area contributed by atoms with E-state index in [0.717, 1.165) is 42.2 Å². The normalized spacial score (nSPS) is 23.1. The first-order valence-electron chi connectivity index (χ1n) is 11.4. The molecule has 2 aliphatic rings. The Morgan fingerprint density at radius 2 is 2.03 bits per heavy atom. The molecule has 0 unspecified atom stereocenters. The van der Waals surface area contributed by atoms with Crippen molar-refractivity contribution < 1.29 is 4.79 Å². The van der Waals surface area contributed by atoms with Gasteiger partial charge in [-0.05, 0) is 81.2 Å². The lowest BCUT2D eigenvalue weighted by atomic mass is 9.86. The Morgan fingerprint density at radius 3 is 2.80 bits per heavy atom. The van der Waals surface area contributed by atoms with Crippen LogP contribution in [0.3, 0.4) is 0 Å². The van der Waals surface area contributed by atoms with Crippen LogP contribution in [-0.2, 0) is 0 Å². The average Bonchev–Trinajstić information content (AvgIpc) is 2.79. The highest BCUT2D eigenvalue weighted by Crippen LogP contribution is 2.31. The highest BCUT2D eigenvalue weighted by atomic mass is 16.1. The van der Waals surface area contributed by atoms with Crippen molar-refractivity contribution in [3.63, 3.8) is 0 Å². The maximum atomic E-state index is 13.1. The van der Waals surface area contributed by atoms with Crippen LogP contribution in [0.2, 0.25) is 0 Å². The summed E-state index contributed by atoms with van der Waals surface area (Å²) in [5.74, 6) is 1.14. The van der Waals surface area contributed by atoms with Crippen molar-refractivity contribution >= 4 is 5.91 Å². The second kappa shape index (κ2) is 10.0. The molecular weight excluding hydrogens is 370 g/mol. The van der Waals surface area contributed by atoms with Crippen molar-refractivity contribution in [1.29, 1.82) is 0 Å². The number of aromatic nitrogens is 1. The largest absolute Gasteiger partial charge is 0.343 e. The topological polar surface area (TPSA) is 45.2 Å². The number of likely N-dealkylation sites (tertiary alicyclic amines) is 1. The zero-order chi connectivity index (χ0) is 20.8. The van der Waals surface area contributed by atoms with E-state index in [1.54, 1.807) is 0 Å². The van der Waals surface area contributed by atoms with Crippen molar-refractivity contribution in [2.24, 2.45) is 11.8 Å². The number of benzene rings is 1. The molecule has 0 radical (unpaired) electrons. The van der Waals surface area contributed by atoms with Gasteiger partial charge in [0, 0.05) is 24.8 Å². The van der Waals surface area contributed by atoms with Gasteiger partial charge in [0.15, 0.2) is 0 Å². The minimum atomic E-state index is -0.0626. The summed E-state index contributed by atoms with van der Waals surface area (Å²) < 4.78 is 0. The third-order valence-corrected chi connectivity index (χ3v) is 6.59. The van der Waals surface area contributed by atoms with Gasteiger partial charge in [0.1, 0.15) is 0 Å². The van der Waals surface area contributed by atoms with Gasteiger partial charge in [-0.25, -0.2) is 0 Å². The molecule has 1 aromatic heterocycles. The van der Waals surface area contributed by atoms with Crippen LogP contribution in [-0.4, -0.2) is 35.4 Å². The molecule has 2 aromatic rings. The number of pyridine rings is 1. The van der Waals surface area contributed by atoms with Crippen LogP contribution in [0.15, 0.2) is 60.8 Å². The molecule has 30 heavy (non-hydrogen) atoms. The van der Waals surface area contributed by atoms with E-state index < -0.39 is 0 Å². The SMILES string of the molecule is Cc1ccccc1C(=O)N[C@H](c1ccccn1)[C@@H]1CCCN(C[C@H]2CC=CCC2)C1. The van der Waals surface area contributed by atoms with Crippen molar-refractivity contribution in [2.75, 3.05) is 19.6 Å². The van der Waals surface area contributed by atoms with Crippen LogP contribution >= 0.6 is 0 Å². The number of carbonyl (C=O) groups excluding carboxylic acids is 1. The predicted molar refractivity (Wildman–Crippen MR) is 121 cm³/mol. The average molecular weight is 404 g/mol. The number of carbonyl (C=O) groups is 1. The third kappa shape index (κ3) is 5.17. The summed E-state index contributed by atoms with van der Waals surface area (Å²) in [7, 11) is 0. The number of hydrogen-bond donors (Lipinski definition) is 1. The number of aryl methyl sites for hydroxylation is 1. The maximum Gasteiger partial charge on any atom is 0.252 e. The summed E-state index contributed by atoms with van der Waals surface area (Å²) in [4.78, 5) is 20.4. The van der Waals surface area contributed by atoms with E-state index in [1.165, 1.54) is 32.2 Å². The molecule has 0 bridgehead atoms. The van der Waals surface area contributed by atoms with E-state index in [2.05, 4.69) is 27.4 Å². The van der Waals surface area contributed by atoms with Crippen LogP contribution < -0.4 is 5.32 Å². The molecule has 1 aliphatic carbocycles. The molecule has 1 fully saturated rings. The van der Waals surface area contributed by atoms with Gasteiger partial charge in [-0.15, -0.1) is 0 Å². The fourth-order valence-electron chi connectivity index (χ4n) is 4.96. The molecule has 1 N–H and O–H groups in total. The minimum absolute atomic E-state index is 0.00158. The van der Waals surface area contributed by atoms with E-state index in [4.69, 9.17) is 0 Å². The molecule has 1 saturated heterocycles. The van der Waals surface area contributed by atoms with Crippen LogP contribution in [0.1, 0.15) is 59.8 Å². The fraction of sp³-hybridized carbons (Fsp3) is 0.462. The molecule has 4 rings (SSSR count). The first-order valence-corrected chi connectivity index (χ1v) is 11.4. The third-order valence-electron chi connectivity index (χ3n) is 6.59. The first kappa shape index (κ1) is 20.8. The molecule has 2 heterocycles. The second-order valence-corrected chi connectivity index (χ2v) is 8.83. The Bertz CT molecular complexity index is 864. The lowest BCUT2D eigenvalue weighted by Gasteiger charge is -2.38. The molecule has 4 heteroatoms. The Balaban J connectivity index is 1.50. The van der Waals surface area contributed by atoms with Gasteiger partial charge in [0.2, 0.25) is 0 Å². The zero-order valence-corrected chi connectivity index (χ0v) is 18.0. The number of nitrogens with one attached hydrogen (secondary N) is 1. The summed E-state index contributed by atoms with van der Waals surface area (Å²) in [6.45, 7) is 5.35. The van der Waals surface area contributed by atoms with E-state index in [1.807, 2.05) is 55.6 Å². The number of piperidine rings is 1. The fourth-order valence-corrected chi connectivity index (χ4v) is 4.96. The summed E-state index contributed by atoms with van der Waals surface area (Å²) in [5.41, 5.74) is 2.72. The van der Waals surface area contributed by atoms with Crippen LogP contribution in [0.4, 0.5) is 0 Å².